The number of amides is 1. The second-order valence-corrected chi connectivity index (χ2v) is 6.00. The maximum absolute atomic E-state index is 12.0. The number of aromatic nitrogens is 3. The average Bonchev–Trinajstić information content (AvgIpc) is 2.80. The van der Waals surface area contributed by atoms with Crippen LogP contribution in [-0.2, 0) is 4.79 Å². The second-order valence-electron chi connectivity index (χ2n) is 5.66. The number of nitrogens with one attached hydrogen (secondary N) is 1. The molecule has 1 aliphatic heterocycles. The molecule has 1 fully saturated rings. The molecule has 1 saturated heterocycles. The van der Waals surface area contributed by atoms with Crippen molar-refractivity contribution >= 4 is 23.5 Å². The highest BCUT2D eigenvalue weighted by atomic mass is 35.5. The molecule has 2 heterocycles. The zero-order valence-corrected chi connectivity index (χ0v) is 13.4. The Bertz CT molecular complexity index is 539. The van der Waals surface area contributed by atoms with Gasteiger partial charge in [-0.25, -0.2) is 0 Å². The summed E-state index contributed by atoms with van der Waals surface area (Å²) in [6.07, 6.45) is 0.683. The van der Waals surface area contributed by atoms with Crippen LogP contribution in [0.1, 0.15) is 27.2 Å². The van der Waals surface area contributed by atoms with Gasteiger partial charge in [-0.15, -0.1) is 0 Å². The lowest BCUT2D eigenvalue weighted by atomic mass is 9.89. The van der Waals surface area contributed by atoms with Gasteiger partial charge in [-0.1, -0.05) is 0 Å². The van der Waals surface area contributed by atoms with Crippen LogP contribution in [0.4, 0.5) is 5.95 Å². The number of anilines is 1. The first-order chi connectivity index (χ1) is 9.84. The van der Waals surface area contributed by atoms with E-state index in [1.165, 1.54) is 0 Å². The average molecular weight is 314 g/mol. The van der Waals surface area contributed by atoms with E-state index < -0.39 is 5.41 Å². The van der Waals surface area contributed by atoms with E-state index in [1.54, 1.807) is 7.05 Å². The zero-order chi connectivity index (χ0) is 15.6. The standard InChI is InChI=1S/C13H20ClN5O2/c1-8(2)21-12-17-10(14)16-11(18-12)19-6-5-13(3,7-19)9(20)15-4/h8H,5-7H2,1-4H3,(H,15,20). The van der Waals surface area contributed by atoms with Gasteiger partial charge in [0.05, 0.1) is 11.5 Å². The molecule has 0 bridgehead atoms. The number of hydrogen-bond donors (Lipinski definition) is 1. The largest absolute Gasteiger partial charge is 0.461 e. The molecule has 1 N–H and O–H groups in total. The minimum atomic E-state index is -0.451. The normalized spacial score (nSPS) is 21.7. The highest BCUT2D eigenvalue weighted by Gasteiger charge is 2.40. The Kier molecular flexibility index (Phi) is 4.51. The number of nitrogens with zero attached hydrogens (tertiary/aromatic N) is 4. The highest BCUT2D eigenvalue weighted by Crippen LogP contribution is 2.32. The van der Waals surface area contributed by atoms with E-state index in [4.69, 9.17) is 16.3 Å². The fourth-order valence-electron chi connectivity index (χ4n) is 2.35. The van der Waals surface area contributed by atoms with Crippen LogP contribution in [0.2, 0.25) is 5.28 Å². The lowest BCUT2D eigenvalue weighted by Gasteiger charge is -2.22. The first-order valence-electron chi connectivity index (χ1n) is 6.89. The number of hydrogen-bond acceptors (Lipinski definition) is 6. The molecular formula is C13H20ClN5O2. The maximum atomic E-state index is 12.0. The van der Waals surface area contributed by atoms with Gasteiger partial charge in [-0.2, -0.15) is 15.0 Å². The minimum absolute atomic E-state index is 0.0174. The predicted octanol–water partition coefficient (Wildman–Crippen LogP) is 1.27. The Morgan fingerprint density at radius 3 is 2.76 bits per heavy atom. The van der Waals surface area contributed by atoms with Crippen molar-refractivity contribution < 1.29 is 9.53 Å². The van der Waals surface area contributed by atoms with Crippen molar-refractivity contribution in [2.45, 2.75) is 33.3 Å². The van der Waals surface area contributed by atoms with E-state index in [0.717, 1.165) is 6.42 Å². The summed E-state index contributed by atoms with van der Waals surface area (Å²) in [7, 11) is 1.64. The SMILES string of the molecule is CNC(=O)C1(C)CCN(c2nc(Cl)nc(OC(C)C)n2)C1. The fraction of sp³-hybridized carbons (Fsp3) is 0.692. The van der Waals surface area contributed by atoms with E-state index in [9.17, 15) is 4.79 Å². The molecule has 1 aromatic rings. The Hall–Kier alpha value is -1.63. The third-order valence-corrected chi connectivity index (χ3v) is 3.62. The molecule has 0 spiro atoms. The molecule has 8 heteroatoms. The third-order valence-electron chi connectivity index (χ3n) is 3.45. The van der Waals surface area contributed by atoms with Gasteiger partial charge in [0, 0.05) is 20.1 Å². The van der Waals surface area contributed by atoms with Crippen molar-refractivity contribution in [2.24, 2.45) is 5.41 Å². The summed E-state index contributed by atoms with van der Waals surface area (Å²) < 4.78 is 5.46. The van der Waals surface area contributed by atoms with Gasteiger partial charge in [0.2, 0.25) is 17.1 Å². The van der Waals surface area contributed by atoms with E-state index in [-0.39, 0.29) is 23.3 Å². The predicted molar refractivity (Wildman–Crippen MR) is 79.6 cm³/mol. The van der Waals surface area contributed by atoms with E-state index in [0.29, 0.717) is 19.0 Å². The summed E-state index contributed by atoms with van der Waals surface area (Å²) in [4.78, 5) is 26.2. The first-order valence-corrected chi connectivity index (χ1v) is 7.27. The van der Waals surface area contributed by atoms with Gasteiger partial charge in [0.25, 0.3) is 0 Å². The van der Waals surface area contributed by atoms with Gasteiger partial charge < -0.3 is 15.0 Å². The summed E-state index contributed by atoms with van der Waals surface area (Å²) in [6, 6.07) is 0.202. The molecule has 7 nitrogen and oxygen atoms in total. The smallest absolute Gasteiger partial charge is 0.322 e. The molecule has 1 aromatic heterocycles. The van der Waals surface area contributed by atoms with Gasteiger partial charge >= 0.3 is 6.01 Å². The molecule has 0 aromatic carbocycles. The van der Waals surface area contributed by atoms with Crippen LogP contribution in [0, 0.1) is 5.41 Å². The Morgan fingerprint density at radius 2 is 2.14 bits per heavy atom. The van der Waals surface area contributed by atoms with Crippen molar-refractivity contribution in [1.29, 1.82) is 0 Å². The lowest BCUT2D eigenvalue weighted by molar-refractivity contribution is -0.128. The molecule has 1 atom stereocenters. The lowest BCUT2D eigenvalue weighted by Crippen LogP contribution is -2.39. The van der Waals surface area contributed by atoms with Crippen LogP contribution >= 0.6 is 11.6 Å². The number of carbonyl (C=O) groups is 1. The topological polar surface area (TPSA) is 80.2 Å². The van der Waals surface area contributed by atoms with Gasteiger partial charge in [-0.05, 0) is 38.8 Å². The molecule has 116 valence electrons. The first kappa shape index (κ1) is 15.8. The molecule has 1 unspecified atom stereocenters. The van der Waals surface area contributed by atoms with Gasteiger partial charge in [0.1, 0.15) is 0 Å². The third kappa shape index (κ3) is 3.53. The second kappa shape index (κ2) is 6.01. The van der Waals surface area contributed by atoms with Gasteiger partial charge in [0.15, 0.2) is 0 Å². The molecule has 0 radical (unpaired) electrons. The van der Waals surface area contributed by atoms with Crippen LogP contribution in [0.25, 0.3) is 0 Å². The van der Waals surface area contributed by atoms with Crippen molar-refractivity contribution in [3.63, 3.8) is 0 Å². The molecule has 2 rings (SSSR count). The molecule has 1 amide bonds. The van der Waals surface area contributed by atoms with Gasteiger partial charge in [-0.3, -0.25) is 4.79 Å². The van der Waals surface area contributed by atoms with Crippen molar-refractivity contribution in [3.05, 3.63) is 5.28 Å². The van der Waals surface area contributed by atoms with Crippen molar-refractivity contribution in [1.82, 2.24) is 20.3 Å². The quantitative estimate of drug-likeness (QED) is 0.902. The number of carbonyl (C=O) groups excluding carboxylic acids is 1. The number of halogens is 1. The molecule has 0 saturated carbocycles. The van der Waals surface area contributed by atoms with Crippen LogP contribution < -0.4 is 15.0 Å². The molecule has 0 aliphatic carbocycles. The highest BCUT2D eigenvalue weighted by molar-refractivity contribution is 6.28. The Morgan fingerprint density at radius 1 is 1.43 bits per heavy atom. The number of ether oxygens (including phenoxy) is 1. The van der Waals surface area contributed by atoms with Crippen LogP contribution in [0.15, 0.2) is 0 Å². The summed E-state index contributed by atoms with van der Waals surface area (Å²) in [6.45, 7) is 6.92. The Labute approximate surface area is 129 Å². The summed E-state index contributed by atoms with van der Waals surface area (Å²) in [5.41, 5.74) is -0.451. The number of rotatable bonds is 4. The molecule has 21 heavy (non-hydrogen) atoms. The summed E-state index contributed by atoms with van der Waals surface area (Å²) >= 11 is 5.92. The van der Waals surface area contributed by atoms with E-state index in [1.807, 2.05) is 25.7 Å². The van der Waals surface area contributed by atoms with Crippen molar-refractivity contribution in [3.8, 4) is 6.01 Å². The monoisotopic (exact) mass is 313 g/mol. The van der Waals surface area contributed by atoms with Crippen molar-refractivity contribution in [2.75, 3.05) is 25.0 Å². The zero-order valence-electron chi connectivity index (χ0n) is 12.7. The molecular weight excluding hydrogens is 294 g/mol. The van der Waals surface area contributed by atoms with Crippen LogP contribution in [0.3, 0.4) is 0 Å². The summed E-state index contributed by atoms with van der Waals surface area (Å²) in [5.74, 6) is 0.460. The fourth-order valence-corrected chi connectivity index (χ4v) is 2.49. The summed E-state index contributed by atoms with van der Waals surface area (Å²) in [5, 5.41) is 2.79. The van der Waals surface area contributed by atoms with Crippen LogP contribution in [-0.4, -0.2) is 47.1 Å². The molecule has 1 aliphatic rings. The Balaban J connectivity index is 2.20. The maximum Gasteiger partial charge on any atom is 0.322 e. The van der Waals surface area contributed by atoms with E-state index in [2.05, 4.69) is 20.3 Å². The van der Waals surface area contributed by atoms with Crippen LogP contribution in [0.5, 0.6) is 6.01 Å². The van der Waals surface area contributed by atoms with E-state index >= 15 is 0 Å². The minimum Gasteiger partial charge on any atom is -0.461 e.